The Kier molecular flexibility index (Phi) is 2.86. The highest BCUT2D eigenvalue weighted by Gasteiger charge is 2.07. The van der Waals surface area contributed by atoms with Crippen molar-refractivity contribution in [3.8, 4) is 5.88 Å². The van der Waals surface area contributed by atoms with Crippen LogP contribution in [0.5, 0.6) is 5.88 Å². The molecule has 0 aromatic carbocycles. The van der Waals surface area contributed by atoms with Gasteiger partial charge in [0.25, 0.3) is 0 Å². The van der Waals surface area contributed by atoms with Gasteiger partial charge >= 0.3 is 0 Å². The third-order valence-corrected chi connectivity index (χ3v) is 2.35. The van der Waals surface area contributed by atoms with E-state index in [9.17, 15) is 0 Å². The van der Waals surface area contributed by atoms with E-state index in [-0.39, 0.29) is 0 Å². The molecular formula is C11H15N5O. The van der Waals surface area contributed by atoms with Crippen LogP contribution in [0.2, 0.25) is 0 Å². The molecule has 90 valence electrons. The first kappa shape index (κ1) is 11.3. The van der Waals surface area contributed by atoms with Gasteiger partial charge in [0.2, 0.25) is 5.88 Å². The predicted molar refractivity (Wildman–Crippen MR) is 66.4 cm³/mol. The monoisotopic (exact) mass is 233 g/mol. The van der Waals surface area contributed by atoms with E-state index in [1.54, 1.807) is 31.1 Å². The number of hydrogen-bond donors (Lipinski definition) is 2. The van der Waals surface area contributed by atoms with Crippen LogP contribution in [-0.2, 0) is 7.05 Å². The normalized spacial score (nSPS) is 10.3. The van der Waals surface area contributed by atoms with E-state index >= 15 is 0 Å². The summed E-state index contributed by atoms with van der Waals surface area (Å²) < 4.78 is 6.75. The van der Waals surface area contributed by atoms with Crippen molar-refractivity contribution in [2.75, 3.05) is 18.2 Å². The average Bonchev–Trinajstić information content (AvgIpc) is 2.63. The van der Waals surface area contributed by atoms with E-state index in [1.165, 1.54) is 0 Å². The molecule has 0 bridgehead atoms. The number of nitrogens with two attached hydrogens (primary N) is 1. The van der Waals surface area contributed by atoms with Crippen molar-refractivity contribution in [1.82, 2.24) is 14.8 Å². The molecule has 17 heavy (non-hydrogen) atoms. The number of hydrogen-bond acceptors (Lipinski definition) is 5. The molecule has 0 saturated heterocycles. The average molecular weight is 233 g/mol. The first-order valence-electron chi connectivity index (χ1n) is 5.17. The Balaban J connectivity index is 2.25. The number of ether oxygens (including phenoxy) is 1. The van der Waals surface area contributed by atoms with Crippen molar-refractivity contribution >= 4 is 17.3 Å². The van der Waals surface area contributed by atoms with Crippen LogP contribution in [0, 0.1) is 6.92 Å². The lowest BCUT2D eigenvalue weighted by Crippen LogP contribution is -2.00. The van der Waals surface area contributed by atoms with Crippen LogP contribution in [0.1, 0.15) is 5.56 Å². The maximum absolute atomic E-state index is 5.86. The number of methoxy groups -OCH3 is 1. The number of nitrogen functional groups attached to an aromatic ring is 1. The van der Waals surface area contributed by atoms with Crippen molar-refractivity contribution in [3.05, 3.63) is 23.9 Å². The van der Waals surface area contributed by atoms with Crippen molar-refractivity contribution in [2.45, 2.75) is 6.92 Å². The lowest BCUT2D eigenvalue weighted by atomic mass is 10.3. The number of anilines is 3. The Morgan fingerprint density at radius 3 is 2.76 bits per heavy atom. The number of nitrogens with one attached hydrogen (secondary N) is 1. The SMILES string of the molecule is COc1cc(Nc2ncc(C)cc2N)nn1C. The van der Waals surface area contributed by atoms with Gasteiger partial charge < -0.3 is 15.8 Å². The maximum atomic E-state index is 5.86. The van der Waals surface area contributed by atoms with Crippen LogP contribution in [0.15, 0.2) is 18.3 Å². The number of aromatic nitrogens is 3. The molecule has 0 aliphatic heterocycles. The molecule has 0 amide bonds. The number of nitrogens with zero attached hydrogens (tertiary/aromatic N) is 3. The lowest BCUT2D eigenvalue weighted by Gasteiger charge is -2.05. The molecular weight excluding hydrogens is 218 g/mol. The van der Waals surface area contributed by atoms with E-state index in [1.807, 2.05) is 13.0 Å². The summed E-state index contributed by atoms with van der Waals surface area (Å²) in [5.74, 6) is 1.90. The maximum Gasteiger partial charge on any atom is 0.213 e. The molecule has 2 aromatic rings. The fourth-order valence-electron chi connectivity index (χ4n) is 1.52. The van der Waals surface area contributed by atoms with Crippen molar-refractivity contribution in [2.24, 2.45) is 7.05 Å². The largest absolute Gasteiger partial charge is 0.481 e. The highest BCUT2D eigenvalue weighted by Crippen LogP contribution is 2.22. The van der Waals surface area contributed by atoms with Gasteiger partial charge in [0.15, 0.2) is 11.6 Å². The lowest BCUT2D eigenvalue weighted by molar-refractivity contribution is 0.373. The summed E-state index contributed by atoms with van der Waals surface area (Å²) in [6, 6.07) is 3.64. The molecule has 2 heterocycles. The van der Waals surface area contributed by atoms with Gasteiger partial charge in [-0.3, -0.25) is 0 Å². The van der Waals surface area contributed by atoms with Gasteiger partial charge in [0.1, 0.15) is 0 Å². The summed E-state index contributed by atoms with van der Waals surface area (Å²) in [5, 5.41) is 7.27. The fraction of sp³-hybridized carbons (Fsp3) is 0.273. The zero-order valence-corrected chi connectivity index (χ0v) is 10.1. The smallest absolute Gasteiger partial charge is 0.213 e. The van der Waals surface area contributed by atoms with Crippen LogP contribution in [-0.4, -0.2) is 21.9 Å². The van der Waals surface area contributed by atoms with E-state index < -0.39 is 0 Å². The van der Waals surface area contributed by atoms with Gasteiger partial charge in [-0.05, 0) is 18.6 Å². The molecule has 0 aliphatic carbocycles. The minimum Gasteiger partial charge on any atom is -0.481 e. The summed E-state index contributed by atoms with van der Waals surface area (Å²) in [6.07, 6.45) is 1.75. The fourth-order valence-corrected chi connectivity index (χ4v) is 1.52. The van der Waals surface area contributed by atoms with E-state index in [0.29, 0.717) is 23.2 Å². The standard InChI is InChI=1S/C11H15N5O/c1-7-4-8(12)11(13-6-7)14-9-5-10(17-3)16(2)15-9/h4-6H,12H2,1-3H3,(H,13,14,15). The molecule has 0 aliphatic rings. The number of aryl methyl sites for hydroxylation is 2. The van der Waals surface area contributed by atoms with E-state index in [2.05, 4.69) is 15.4 Å². The molecule has 3 N–H and O–H groups in total. The molecule has 0 fully saturated rings. The Morgan fingerprint density at radius 1 is 1.41 bits per heavy atom. The second-order valence-electron chi connectivity index (χ2n) is 3.77. The quantitative estimate of drug-likeness (QED) is 0.839. The van der Waals surface area contributed by atoms with Crippen molar-refractivity contribution in [1.29, 1.82) is 0 Å². The highest BCUT2D eigenvalue weighted by atomic mass is 16.5. The molecule has 0 atom stereocenters. The predicted octanol–water partition coefficient (Wildman–Crippen LogP) is 1.46. The summed E-state index contributed by atoms with van der Waals surface area (Å²) in [5.41, 5.74) is 7.47. The zero-order chi connectivity index (χ0) is 12.4. The molecule has 6 heteroatoms. The van der Waals surface area contributed by atoms with E-state index in [0.717, 1.165) is 5.56 Å². The molecule has 0 unspecified atom stereocenters. The Morgan fingerprint density at radius 2 is 2.18 bits per heavy atom. The van der Waals surface area contributed by atoms with Crippen molar-refractivity contribution in [3.63, 3.8) is 0 Å². The molecule has 0 radical (unpaired) electrons. The first-order chi connectivity index (χ1) is 8.10. The summed E-state index contributed by atoms with van der Waals surface area (Å²) in [4.78, 5) is 4.21. The second-order valence-corrected chi connectivity index (χ2v) is 3.77. The van der Waals surface area contributed by atoms with Crippen LogP contribution >= 0.6 is 0 Å². The number of rotatable bonds is 3. The zero-order valence-electron chi connectivity index (χ0n) is 10.1. The Hall–Kier alpha value is -2.24. The van der Waals surface area contributed by atoms with Gasteiger partial charge in [-0.25, -0.2) is 9.67 Å². The molecule has 2 rings (SSSR count). The topological polar surface area (TPSA) is 78.0 Å². The third kappa shape index (κ3) is 2.30. The molecule has 0 saturated carbocycles. The van der Waals surface area contributed by atoms with Crippen LogP contribution < -0.4 is 15.8 Å². The van der Waals surface area contributed by atoms with E-state index in [4.69, 9.17) is 10.5 Å². The van der Waals surface area contributed by atoms with Crippen LogP contribution in [0.25, 0.3) is 0 Å². The summed E-state index contributed by atoms with van der Waals surface area (Å²) >= 11 is 0. The van der Waals surface area contributed by atoms with Gasteiger partial charge in [-0.2, -0.15) is 5.10 Å². The molecule has 6 nitrogen and oxygen atoms in total. The van der Waals surface area contributed by atoms with Crippen LogP contribution in [0.3, 0.4) is 0 Å². The third-order valence-electron chi connectivity index (χ3n) is 2.35. The second kappa shape index (κ2) is 4.32. The molecule has 0 spiro atoms. The number of pyridine rings is 1. The van der Waals surface area contributed by atoms with Gasteiger partial charge in [-0.1, -0.05) is 0 Å². The summed E-state index contributed by atoms with van der Waals surface area (Å²) in [6.45, 7) is 1.94. The van der Waals surface area contributed by atoms with Gasteiger partial charge in [0.05, 0.1) is 12.8 Å². The molecule has 2 aromatic heterocycles. The van der Waals surface area contributed by atoms with Crippen molar-refractivity contribution < 1.29 is 4.74 Å². The minimum atomic E-state index is 0.592. The first-order valence-corrected chi connectivity index (χ1v) is 5.17. The summed E-state index contributed by atoms with van der Waals surface area (Å²) in [7, 11) is 3.40. The van der Waals surface area contributed by atoms with Gasteiger partial charge in [0, 0.05) is 19.3 Å². The van der Waals surface area contributed by atoms with Gasteiger partial charge in [-0.15, -0.1) is 0 Å². The van der Waals surface area contributed by atoms with Crippen LogP contribution in [0.4, 0.5) is 17.3 Å². The highest BCUT2D eigenvalue weighted by molar-refractivity contribution is 5.67. The Bertz CT molecular complexity index is 535. The Labute approximate surface area is 99.4 Å². The minimum absolute atomic E-state index is 0.592.